The maximum Gasteiger partial charge on any atom is 0.357 e. The zero-order chi connectivity index (χ0) is 19.6. The fourth-order valence-electron chi connectivity index (χ4n) is 2.58. The number of hydrogen-bond donors (Lipinski definition) is 1. The molecule has 2 rings (SSSR count). The van der Waals surface area contributed by atoms with Crippen LogP contribution in [0.3, 0.4) is 0 Å². The van der Waals surface area contributed by atoms with Crippen LogP contribution in [0.4, 0.5) is 10.5 Å². The summed E-state index contributed by atoms with van der Waals surface area (Å²) in [4.78, 5) is 30.6. The van der Waals surface area contributed by atoms with Gasteiger partial charge in [0.25, 0.3) is 0 Å². The van der Waals surface area contributed by atoms with E-state index in [9.17, 15) is 9.59 Å². The molecule has 1 N–H and O–H groups in total. The maximum atomic E-state index is 12.8. The molecule has 2 aromatic rings. The van der Waals surface area contributed by atoms with E-state index in [2.05, 4.69) is 17.2 Å². The molecule has 0 saturated carbocycles. The number of amides is 2. The lowest BCUT2D eigenvalue weighted by Crippen LogP contribution is -2.35. The molecule has 6 nitrogen and oxygen atoms in total. The molecule has 2 amide bonds. The molecule has 7 heteroatoms. The third kappa shape index (κ3) is 6.67. The number of benzene rings is 1. The Hall–Kier alpha value is -2.41. The van der Waals surface area contributed by atoms with E-state index in [0.29, 0.717) is 30.4 Å². The molecule has 0 aliphatic rings. The number of unbranched alkanes of at least 4 members (excludes halogenated alkanes) is 2. The molecule has 0 atom stereocenters. The number of aromatic nitrogens is 1. The first-order chi connectivity index (χ1) is 13.0. The van der Waals surface area contributed by atoms with Crippen LogP contribution in [-0.4, -0.2) is 35.0 Å². The van der Waals surface area contributed by atoms with Gasteiger partial charge in [-0.05, 0) is 38.0 Å². The molecular weight excluding hydrogens is 362 g/mol. The second-order valence-electron chi connectivity index (χ2n) is 6.28. The zero-order valence-electron chi connectivity index (χ0n) is 16.2. The number of urea groups is 1. The van der Waals surface area contributed by atoms with Crippen LogP contribution in [0.5, 0.6) is 0 Å². The van der Waals surface area contributed by atoms with Crippen LogP contribution < -0.4 is 5.32 Å². The Bertz CT molecular complexity index is 760. The van der Waals surface area contributed by atoms with Gasteiger partial charge >= 0.3 is 12.0 Å². The highest BCUT2D eigenvalue weighted by Gasteiger charge is 2.18. The number of nitrogens with zero attached hydrogens (tertiary/aromatic N) is 2. The van der Waals surface area contributed by atoms with E-state index in [1.165, 1.54) is 11.3 Å². The van der Waals surface area contributed by atoms with Gasteiger partial charge in [0.05, 0.1) is 13.2 Å². The van der Waals surface area contributed by atoms with E-state index in [-0.39, 0.29) is 6.03 Å². The number of thiazole rings is 1. The summed E-state index contributed by atoms with van der Waals surface area (Å²) >= 11 is 1.36. The highest BCUT2D eigenvalue weighted by molar-refractivity contribution is 7.09. The average molecular weight is 390 g/mol. The summed E-state index contributed by atoms with van der Waals surface area (Å²) in [7, 11) is 0. The zero-order valence-corrected chi connectivity index (χ0v) is 17.0. The number of aryl methyl sites for hydroxylation is 1. The number of esters is 1. The Kier molecular flexibility index (Phi) is 8.26. The van der Waals surface area contributed by atoms with Crippen molar-refractivity contribution in [2.75, 3.05) is 18.5 Å². The molecule has 146 valence electrons. The number of anilines is 1. The number of hydrogen-bond acceptors (Lipinski definition) is 5. The van der Waals surface area contributed by atoms with Crippen molar-refractivity contribution >= 4 is 29.0 Å². The Labute approximate surface area is 164 Å². The number of rotatable bonds is 9. The van der Waals surface area contributed by atoms with Gasteiger partial charge in [-0.15, -0.1) is 11.3 Å². The van der Waals surface area contributed by atoms with E-state index in [1.54, 1.807) is 17.2 Å². The first-order valence-corrected chi connectivity index (χ1v) is 10.2. The number of carbonyl (C=O) groups is 2. The SMILES string of the molecule is CCCCCN(Cc1nc(C(=O)OCC)cs1)C(=O)Nc1cccc(C)c1. The number of ether oxygens (including phenoxy) is 1. The summed E-state index contributed by atoms with van der Waals surface area (Å²) in [5.74, 6) is -0.429. The first kappa shape index (κ1) is 20.9. The Balaban J connectivity index is 2.06. The van der Waals surface area contributed by atoms with Crippen LogP contribution in [0.15, 0.2) is 29.6 Å². The highest BCUT2D eigenvalue weighted by Crippen LogP contribution is 2.16. The van der Waals surface area contributed by atoms with Crippen molar-refractivity contribution in [2.24, 2.45) is 0 Å². The summed E-state index contributed by atoms with van der Waals surface area (Å²) in [6.45, 7) is 7.19. The van der Waals surface area contributed by atoms with Crippen molar-refractivity contribution in [3.05, 3.63) is 45.9 Å². The lowest BCUT2D eigenvalue weighted by Gasteiger charge is -2.22. The molecule has 0 bridgehead atoms. The van der Waals surface area contributed by atoms with Crippen molar-refractivity contribution < 1.29 is 14.3 Å². The van der Waals surface area contributed by atoms with Gasteiger partial charge in [-0.3, -0.25) is 0 Å². The lowest BCUT2D eigenvalue weighted by molar-refractivity contribution is 0.0520. The second-order valence-corrected chi connectivity index (χ2v) is 7.22. The van der Waals surface area contributed by atoms with Crippen LogP contribution >= 0.6 is 11.3 Å². The maximum absolute atomic E-state index is 12.8. The summed E-state index contributed by atoms with van der Waals surface area (Å²) in [6.07, 6.45) is 3.06. The van der Waals surface area contributed by atoms with Gasteiger partial charge in [-0.25, -0.2) is 14.6 Å². The predicted molar refractivity (Wildman–Crippen MR) is 108 cm³/mol. The van der Waals surface area contributed by atoms with Crippen LogP contribution in [0.25, 0.3) is 0 Å². The monoisotopic (exact) mass is 389 g/mol. The van der Waals surface area contributed by atoms with E-state index < -0.39 is 5.97 Å². The molecule has 1 heterocycles. The minimum atomic E-state index is -0.429. The third-order valence-corrected chi connectivity index (χ3v) is 4.78. The fraction of sp³-hybridized carbons (Fsp3) is 0.450. The molecule has 0 fully saturated rings. The lowest BCUT2D eigenvalue weighted by atomic mass is 10.2. The fourth-order valence-corrected chi connectivity index (χ4v) is 3.35. The van der Waals surface area contributed by atoms with Crippen LogP contribution in [-0.2, 0) is 11.3 Å². The molecule has 27 heavy (non-hydrogen) atoms. The van der Waals surface area contributed by atoms with Crippen LogP contribution in [0.1, 0.15) is 54.2 Å². The Morgan fingerprint density at radius 2 is 2.07 bits per heavy atom. The first-order valence-electron chi connectivity index (χ1n) is 9.27. The van der Waals surface area contributed by atoms with Gasteiger partial charge in [0.2, 0.25) is 0 Å². The second kappa shape index (κ2) is 10.7. The van der Waals surface area contributed by atoms with Crippen LogP contribution in [0.2, 0.25) is 0 Å². The molecule has 1 aromatic carbocycles. The molecule has 1 aromatic heterocycles. The molecule has 0 saturated heterocycles. The smallest absolute Gasteiger partial charge is 0.357 e. The summed E-state index contributed by atoms with van der Waals surface area (Å²) < 4.78 is 4.98. The third-order valence-electron chi connectivity index (χ3n) is 3.95. The van der Waals surface area contributed by atoms with Crippen molar-refractivity contribution in [3.8, 4) is 0 Å². The van der Waals surface area contributed by atoms with Gasteiger partial charge in [-0.1, -0.05) is 31.9 Å². The van der Waals surface area contributed by atoms with E-state index in [1.807, 2.05) is 31.2 Å². The van der Waals surface area contributed by atoms with Crippen molar-refractivity contribution in [1.29, 1.82) is 0 Å². The largest absolute Gasteiger partial charge is 0.461 e. The average Bonchev–Trinajstić information content (AvgIpc) is 3.10. The summed E-state index contributed by atoms with van der Waals surface area (Å²) in [5, 5.41) is 5.35. The molecule has 0 aliphatic carbocycles. The van der Waals surface area contributed by atoms with E-state index in [0.717, 1.165) is 30.5 Å². The normalized spacial score (nSPS) is 10.5. The molecule has 0 radical (unpaired) electrons. The van der Waals surface area contributed by atoms with Gasteiger partial charge in [0.15, 0.2) is 5.69 Å². The van der Waals surface area contributed by atoms with E-state index in [4.69, 9.17) is 4.74 Å². The summed E-state index contributed by atoms with van der Waals surface area (Å²) in [6, 6.07) is 7.55. The topological polar surface area (TPSA) is 71.5 Å². The quantitative estimate of drug-likeness (QED) is 0.491. The predicted octanol–water partition coefficient (Wildman–Crippen LogP) is 4.85. The summed E-state index contributed by atoms with van der Waals surface area (Å²) in [5.41, 5.74) is 2.15. The van der Waals surface area contributed by atoms with Crippen molar-refractivity contribution in [2.45, 2.75) is 46.6 Å². The van der Waals surface area contributed by atoms with Crippen LogP contribution in [0, 0.1) is 6.92 Å². The molecule has 0 unspecified atom stereocenters. The van der Waals surface area contributed by atoms with Crippen molar-refractivity contribution in [1.82, 2.24) is 9.88 Å². The van der Waals surface area contributed by atoms with Crippen molar-refractivity contribution in [3.63, 3.8) is 0 Å². The Morgan fingerprint density at radius 1 is 1.26 bits per heavy atom. The molecule has 0 spiro atoms. The number of carbonyl (C=O) groups excluding carboxylic acids is 2. The molecular formula is C20H27N3O3S. The minimum absolute atomic E-state index is 0.162. The van der Waals surface area contributed by atoms with Gasteiger partial charge in [-0.2, -0.15) is 0 Å². The van der Waals surface area contributed by atoms with Gasteiger partial charge < -0.3 is 15.0 Å². The molecule has 0 aliphatic heterocycles. The standard InChI is InChI=1S/C20H27N3O3S/c1-4-6-7-11-23(20(25)21-16-10-8-9-15(3)12-16)13-18-22-17(14-27-18)19(24)26-5-2/h8-10,12,14H,4-7,11,13H2,1-3H3,(H,21,25). The van der Waals surface area contributed by atoms with Gasteiger partial charge in [0.1, 0.15) is 5.01 Å². The Morgan fingerprint density at radius 3 is 2.78 bits per heavy atom. The van der Waals surface area contributed by atoms with Gasteiger partial charge in [0, 0.05) is 17.6 Å². The minimum Gasteiger partial charge on any atom is -0.461 e. The number of nitrogens with one attached hydrogen (secondary N) is 1. The van der Waals surface area contributed by atoms with E-state index >= 15 is 0 Å². The highest BCUT2D eigenvalue weighted by atomic mass is 32.1.